The molecule has 0 unspecified atom stereocenters. The number of thioether (sulfide) groups is 1. The van der Waals surface area contributed by atoms with Gasteiger partial charge in [0.1, 0.15) is 0 Å². The first-order valence-corrected chi connectivity index (χ1v) is 7.12. The van der Waals surface area contributed by atoms with Crippen LogP contribution in [0.15, 0.2) is 29.2 Å². The van der Waals surface area contributed by atoms with Crippen molar-refractivity contribution in [2.45, 2.75) is 29.9 Å². The van der Waals surface area contributed by atoms with Gasteiger partial charge in [-0.2, -0.15) is 0 Å². The molecule has 2 rings (SSSR count). The average molecular weight is 293 g/mol. The van der Waals surface area contributed by atoms with Gasteiger partial charge in [-0.25, -0.2) is 0 Å². The number of hydrazine groups is 1. The third-order valence-electron chi connectivity index (χ3n) is 2.74. The van der Waals surface area contributed by atoms with Crippen LogP contribution in [0.25, 0.3) is 0 Å². The van der Waals surface area contributed by atoms with Gasteiger partial charge in [-0.3, -0.25) is 25.2 Å². The van der Waals surface area contributed by atoms with Crippen molar-refractivity contribution in [3.05, 3.63) is 24.3 Å². The van der Waals surface area contributed by atoms with Crippen molar-refractivity contribution in [1.82, 2.24) is 10.9 Å². The molecule has 106 valence electrons. The fourth-order valence-corrected chi connectivity index (χ4v) is 2.78. The molecule has 0 aromatic heterocycles. The minimum absolute atomic E-state index is 0.00876. The van der Waals surface area contributed by atoms with E-state index in [0.29, 0.717) is 0 Å². The predicted octanol–water partition coefficient (Wildman–Crippen LogP) is 1.05. The second-order valence-electron chi connectivity index (χ2n) is 4.25. The molecule has 7 heteroatoms. The largest absolute Gasteiger partial charge is 0.324 e. The van der Waals surface area contributed by atoms with Gasteiger partial charge in [0.15, 0.2) is 0 Å². The van der Waals surface area contributed by atoms with Crippen LogP contribution in [0.3, 0.4) is 0 Å². The minimum atomic E-state index is -0.497. The van der Waals surface area contributed by atoms with Crippen LogP contribution in [-0.2, 0) is 14.4 Å². The van der Waals surface area contributed by atoms with Gasteiger partial charge in [0.05, 0.1) is 10.9 Å². The summed E-state index contributed by atoms with van der Waals surface area (Å²) < 4.78 is 0. The van der Waals surface area contributed by atoms with E-state index in [2.05, 4.69) is 16.2 Å². The summed E-state index contributed by atoms with van der Waals surface area (Å²) in [6.07, 6.45) is 0.293. The molecule has 6 nitrogen and oxygen atoms in total. The fraction of sp³-hybridized carbons (Fsp3) is 0.308. The number of hydrogen-bond acceptors (Lipinski definition) is 4. The molecule has 3 N–H and O–H groups in total. The number of fused-ring (bicyclic) bond motifs is 1. The van der Waals surface area contributed by atoms with Crippen LogP contribution in [0.2, 0.25) is 0 Å². The third-order valence-corrected chi connectivity index (χ3v) is 4.02. The summed E-state index contributed by atoms with van der Waals surface area (Å²) in [6, 6.07) is 7.43. The highest BCUT2D eigenvalue weighted by atomic mass is 32.2. The molecule has 1 atom stereocenters. The Hall–Kier alpha value is -2.02. The summed E-state index contributed by atoms with van der Waals surface area (Å²) in [5.74, 6) is -0.867. The molecule has 20 heavy (non-hydrogen) atoms. The molecule has 1 aliphatic rings. The lowest BCUT2D eigenvalue weighted by Gasteiger charge is -2.23. The molecule has 0 fully saturated rings. The summed E-state index contributed by atoms with van der Waals surface area (Å²) in [5.41, 5.74) is 5.33. The lowest BCUT2D eigenvalue weighted by Crippen LogP contribution is -2.43. The quantitative estimate of drug-likeness (QED) is 0.727. The van der Waals surface area contributed by atoms with Crippen LogP contribution in [0.4, 0.5) is 5.69 Å². The molecular weight excluding hydrogens is 278 g/mol. The van der Waals surface area contributed by atoms with Gasteiger partial charge < -0.3 is 5.32 Å². The number of carbonyl (C=O) groups is 3. The topological polar surface area (TPSA) is 87.3 Å². The van der Waals surface area contributed by atoms with Crippen LogP contribution in [-0.4, -0.2) is 23.0 Å². The third kappa shape index (κ3) is 3.51. The van der Waals surface area contributed by atoms with Gasteiger partial charge in [0.25, 0.3) is 0 Å². The van der Waals surface area contributed by atoms with E-state index in [1.54, 1.807) is 6.92 Å². The van der Waals surface area contributed by atoms with Crippen LogP contribution in [0, 0.1) is 0 Å². The predicted molar refractivity (Wildman–Crippen MR) is 75.9 cm³/mol. The maximum atomic E-state index is 11.9. The highest BCUT2D eigenvalue weighted by molar-refractivity contribution is 8.01. The number of para-hydroxylation sites is 1. The fourth-order valence-electron chi connectivity index (χ4n) is 1.67. The number of hydrogen-bond donors (Lipinski definition) is 3. The molecule has 0 saturated carbocycles. The van der Waals surface area contributed by atoms with Crippen molar-refractivity contribution >= 4 is 35.2 Å². The zero-order valence-corrected chi connectivity index (χ0v) is 11.8. The molecule has 1 aromatic rings. The summed E-state index contributed by atoms with van der Waals surface area (Å²) in [4.78, 5) is 35.5. The van der Waals surface area contributed by atoms with E-state index < -0.39 is 5.25 Å². The van der Waals surface area contributed by atoms with Gasteiger partial charge in [-0.15, -0.1) is 11.8 Å². The molecule has 1 aromatic carbocycles. The Morgan fingerprint density at radius 1 is 1.25 bits per heavy atom. The van der Waals surface area contributed by atoms with E-state index >= 15 is 0 Å². The normalized spacial score (nSPS) is 16.9. The lowest BCUT2D eigenvalue weighted by atomic mass is 10.2. The summed E-state index contributed by atoms with van der Waals surface area (Å²) in [6.45, 7) is 1.68. The van der Waals surface area contributed by atoms with Crippen molar-refractivity contribution in [3.63, 3.8) is 0 Å². The van der Waals surface area contributed by atoms with E-state index in [1.165, 1.54) is 11.8 Å². The highest BCUT2D eigenvalue weighted by Crippen LogP contribution is 2.36. The molecule has 0 aliphatic carbocycles. The molecular formula is C13H15N3O3S. The second-order valence-corrected chi connectivity index (χ2v) is 5.49. The molecule has 0 spiro atoms. The minimum Gasteiger partial charge on any atom is -0.324 e. The summed E-state index contributed by atoms with van der Waals surface area (Å²) in [7, 11) is 0. The number of rotatable bonds is 3. The van der Waals surface area contributed by atoms with Crippen molar-refractivity contribution < 1.29 is 14.4 Å². The zero-order chi connectivity index (χ0) is 14.5. The Bertz CT molecular complexity index is 547. The molecule has 3 amide bonds. The summed E-state index contributed by atoms with van der Waals surface area (Å²) >= 11 is 1.35. The monoisotopic (exact) mass is 293 g/mol. The van der Waals surface area contributed by atoms with Gasteiger partial charge in [0, 0.05) is 17.7 Å². The smallest absolute Gasteiger partial charge is 0.240 e. The van der Waals surface area contributed by atoms with E-state index in [9.17, 15) is 14.4 Å². The lowest BCUT2D eigenvalue weighted by molar-refractivity contribution is -0.129. The van der Waals surface area contributed by atoms with Crippen molar-refractivity contribution in [2.24, 2.45) is 0 Å². The Morgan fingerprint density at radius 3 is 2.70 bits per heavy atom. The first-order valence-electron chi connectivity index (χ1n) is 6.24. The number of anilines is 1. The van der Waals surface area contributed by atoms with Gasteiger partial charge in [-0.05, 0) is 12.1 Å². The SMILES string of the molecule is CCC(=O)NNC(=O)C[C@H]1Sc2ccccc2NC1=O. The number of nitrogens with one attached hydrogen (secondary N) is 3. The van der Waals surface area contributed by atoms with Crippen LogP contribution in [0.1, 0.15) is 19.8 Å². The molecule has 1 heterocycles. The van der Waals surface area contributed by atoms with Gasteiger partial charge >= 0.3 is 0 Å². The van der Waals surface area contributed by atoms with Crippen LogP contribution in [0.5, 0.6) is 0 Å². The van der Waals surface area contributed by atoms with E-state index in [0.717, 1.165) is 10.6 Å². The standard InChI is InChI=1S/C13H15N3O3S/c1-2-11(17)15-16-12(18)7-10-13(19)14-8-5-3-4-6-9(8)20-10/h3-6,10H,2,7H2,1H3,(H,14,19)(H,15,17)(H,16,18)/t10-/m1/s1. The molecule has 0 radical (unpaired) electrons. The first-order chi connectivity index (χ1) is 9.60. The van der Waals surface area contributed by atoms with Crippen molar-refractivity contribution in [3.8, 4) is 0 Å². The van der Waals surface area contributed by atoms with Gasteiger partial charge in [0.2, 0.25) is 17.7 Å². The zero-order valence-electron chi connectivity index (χ0n) is 10.9. The van der Waals surface area contributed by atoms with Crippen molar-refractivity contribution in [2.75, 3.05) is 5.32 Å². The van der Waals surface area contributed by atoms with Crippen LogP contribution < -0.4 is 16.2 Å². The molecule has 0 saturated heterocycles. The Morgan fingerprint density at radius 2 is 1.95 bits per heavy atom. The maximum absolute atomic E-state index is 11.9. The second kappa shape index (κ2) is 6.42. The average Bonchev–Trinajstić information content (AvgIpc) is 2.45. The number of amides is 3. The Kier molecular flexibility index (Phi) is 4.62. The Balaban J connectivity index is 1.92. The van der Waals surface area contributed by atoms with E-state index in [1.807, 2.05) is 24.3 Å². The highest BCUT2D eigenvalue weighted by Gasteiger charge is 2.28. The number of benzene rings is 1. The van der Waals surface area contributed by atoms with E-state index in [-0.39, 0.29) is 30.6 Å². The van der Waals surface area contributed by atoms with Crippen molar-refractivity contribution in [1.29, 1.82) is 0 Å². The maximum Gasteiger partial charge on any atom is 0.240 e. The first kappa shape index (κ1) is 14.4. The summed E-state index contributed by atoms with van der Waals surface area (Å²) in [5, 5.41) is 2.27. The van der Waals surface area contributed by atoms with Gasteiger partial charge in [-0.1, -0.05) is 19.1 Å². The molecule has 1 aliphatic heterocycles. The molecule has 0 bridgehead atoms. The van der Waals surface area contributed by atoms with Crippen LogP contribution >= 0.6 is 11.8 Å². The van der Waals surface area contributed by atoms with E-state index in [4.69, 9.17) is 0 Å². The Labute approximate surface area is 120 Å². The number of carbonyl (C=O) groups excluding carboxylic acids is 3.